The molecule has 0 radical (unpaired) electrons. The van der Waals surface area contributed by atoms with Gasteiger partial charge in [0.2, 0.25) is 0 Å². The maximum Gasteiger partial charge on any atom is 0.122 e. The van der Waals surface area contributed by atoms with E-state index in [1.54, 1.807) is 0 Å². The first kappa shape index (κ1) is 11.9. The first-order valence-corrected chi connectivity index (χ1v) is 5.43. The molecule has 0 aromatic heterocycles. The van der Waals surface area contributed by atoms with Gasteiger partial charge in [0.1, 0.15) is 6.29 Å². The molecule has 0 aromatic rings. The van der Waals surface area contributed by atoms with Crippen LogP contribution in [0.1, 0.15) is 26.2 Å². The lowest BCUT2D eigenvalue weighted by atomic mass is 10.2. The zero-order valence-electron chi connectivity index (χ0n) is 9.19. The smallest absolute Gasteiger partial charge is 0.122 e. The first-order valence-electron chi connectivity index (χ1n) is 5.43. The Kier molecular flexibility index (Phi) is 5.71. The summed E-state index contributed by atoms with van der Waals surface area (Å²) in [5.41, 5.74) is 1.24. The van der Waals surface area contributed by atoms with Crippen molar-refractivity contribution in [2.24, 2.45) is 0 Å². The fraction of sp³-hybridized carbons (Fsp3) is 0.462. The van der Waals surface area contributed by atoms with E-state index in [0.29, 0.717) is 13.0 Å². The van der Waals surface area contributed by atoms with Gasteiger partial charge in [-0.15, -0.1) is 0 Å². The summed E-state index contributed by atoms with van der Waals surface area (Å²) in [4.78, 5) is 10.1. The Labute approximate surface area is 91.3 Å². The number of ether oxygens (including phenoxy) is 1. The van der Waals surface area contributed by atoms with Crippen molar-refractivity contribution in [3.8, 4) is 0 Å². The largest absolute Gasteiger partial charge is 0.374 e. The molecule has 82 valence electrons. The van der Waals surface area contributed by atoms with E-state index in [-0.39, 0.29) is 6.10 Å². The second kappa shape index (κ2) is 7.18. The van der Waals surface area contributed by atoms with Crippen LogP contribution in [0.2, 0.25) is 0 Å². The molecule has 0 saturated carbocycles. The standard InChI is InChI=1S/C13H18O2/c1-2-5-12-6-3-7-13(9-8-12)15-11-4-10-14/h2,5-6,8-10,13H,3-4,7,11H2,1H3/b5-2+. The van der Waals surface area contributed by atoms with E-state index in [4.69, 9.17) is 4.74 Å². The molecule has 0 amide bonds. The summed E-state index contributed by atoms with van der Waals surface area (Å²) >= 11 is 0. The molecule has 0 heterocycles. The fourth-order valence-electron chi connectivity index (χ4n) is 1.52. The normalized spacial score (nSPS) is 21.4. The Hall–Kier alpha value is -1.15. The van der Waals surface area contributed by atoms with Gasteiger partial charge in [0.05, 0.1) is 12.7 Å². The van der Waals surface area contributed by atoms with Crippen molar-refractivity contribution in [2.75, 3.05) is 6.61 Å². The minimum Gasteiger partial charge on any atom is -0.374 e. The molecule has 15 heavy (non-hydrogen) atoms. The van der Waals surface area contributed by atoms with E-state index in [1.165, 1.54) is 5.57 Å². The maximum absolute atomic E-state index is 10.1. The van der Waals surface area contributed by atoms with Crippen LogP contribution >= 0.6 is 0 Å². The van der Waals surface area contributed by atoms with Crippen LogP contribution in [0.5, 0.6) is 0 Å². The SMILES string of the molecule is C/C=C/C1=CCCC(OCCC=O)C=C1. The Morgan fingerprint density at radius 3 is 3.20 bits per heavy atom. The average molecular weight is 206 g/mol. The third kappa shape index (κ3) is 4.75. The Morgan fingerprint density at radius 1 is 1.60 bits per heavy atom. The predicted molar refractivity (Wildman–Crippen MR) is 61.7 cm³/mol. The third-order valence-electron chi connectivity index (χ3n) is 2.26. The number of aldehydes is 1. The number of hydrogen-bond donors (Lipinski definition) is 0. The van der Waals surface area contributed by atoms with E-state index in [9.17, 15) is 4.79 Å². The summed E-state index contributed by atoms with van der Waals surface area (Å²) in [5.74, 6) is 0. The van der Waals surface area contributed by atoms with E-state index < -0.39 is 0 Å². The van der Waals surface area contributed by atoms with Gasteiger partial charge in [-0.3, -0.25) is 0 Å². The molecule has 1 rings (SSSR count). The van der Waals surface area contributed by atoms with Gasteiger partial charge in [0, 0.05) is 6.42 Å². The Morgan fingerprint density at radius 2 is 2.47 bits per heavy atom. The van der Waals surface area contributed by atoms with Gasteiger partial charge in [-0.2, -0.15) is 0 Å². The van der Waals surface area contributed by atoms with Gasteiger partial charge in [-0.05, 0) is 25.3 Å². The van der Waals surface area contributed by atoms with Crippen molar-refractivity contribution < 1.29 is 9.53 Å². The highest BCUT2D eigenvalue weighted by atomic mass is 16.5. The van der Waals surface area contributed by atoms with Crippen LogP contribution in [0.3, 0.4) is 0 Å². The van der Waals surface area contributed by atoms with Crippen LogP contribution in [-0.4, -0.2) is 19.0 Å². The van der Waals surface area contributed by atoms with E-state index in [1.807, 2.05) is 13.0 Å². The molecule has 1 aliphatic rings. The quantitative estimate of drug-likeness (QED) is 0.510. The van der Waals surface area contributed by atoms with Crippen molar-refractivity contribution in [3.05, 3.63) is 36.0 Å². The van der Waals surface area contributed by atoms with Crippen molar-refractivity contribution in [3.63, 3.8) is 0 Å². The van der Waals surface area contributed by atoms with Crippen LogP contribution in [0.25, 0.3) is 0 Å². The molecule has 2 heteroatoms. The van der Waals surface area contributed by atoms with Crippen molar-refractivity contribution in [1.82, 2.24) is 0 Å². The second-order valence-corrected chi connectivity index (χ2v) is 3.51. The molecular formula is C13H18O2. The highest BCUT2D eigenvalue weighted by Gasteiger charge is 2.06. The van der Waals surface area contributed by atoms with E-state index >= 15 is 0 Å². The highest BCUT2D eigenvalue weighted by Crippen LogP contribution is 2.14. The Balaban J connectivity index is 2.39. The predicted octanol–water partition coefficient (Wildman–Crippen LogP) is 2.81. The summed E-state index contributed by atoms with van der Waals surface area (Å²) in [6.45, 7) is 2.54. The molecule has 2 nitrogen and oxygen atoms in total. The second-order valence-electron chi connectivity index (χ2n) is 3.51. The lowest BCUT2D eigenvalue weighted by Crippen LogP contribution is -2.10. The number of rotatable bonds is 5. The number of carbonyl (C=O) groups excluding carboxylic acids is 1. The maximum atomic E-state index is 10.1. The number of hydrogen-bond acceptors (Lipinski definition) is 2. The summed E-state index contributed by atoms with van der Waals surface area (Å²) in [6, 6.07) is 0. The molecular weight excluding hydrogens is 188 g/mol. The van der Waals surface area contributed by atoms with Gasteiger partial charge in [-0.25, -0.2) is 0 Å². The van der Waals surface area contributed by atoms with Gasteiger partial charge >= 0.3 is 0 Å². The van der Waals surface area contributed by atoms with Crippen molar-refractivity contribution >= 4 is 6.29 Å². The summed E-state index contributed by atoms with van der Waals surface area (Å²) in [7, 11) is 0. The summed E-state index contributed by atoms with van der Waals surface area (Å²) < 4.78 is 5.55. The van der Waals surface area contributed by atoms with E-state index in [2.05, 4.69) is 24.3 Å². The molecule has 0 aliphatic heterocycles. The minimum absolute atomic E-state index is 0.156. The lowest BCUT2D eigenvalue weighted by Gasteiger charge is -2.10. The van der Waals surface area contributed by atoms with E-state index in [0.717, 1.165) is 19.1 Å². The number of allylic oxidation sites excluding steroid dienone is 5. The van der Waals surface area contributed by atoms with Crippen LogP contribution in [0.15, 0.2) is 36.0 Å². The summed E-state index contributed by atoms with van der Waals surface area (Å²) in [6.07, 6.45) is 14.0. The molecule has 1 unspecified atom stereocenters. The minimum atomic E-state index is 0.156. The molecule has 1 atom stereocenters. The topological polar surface area (TPSA) is 26.3 Å². The lowest BCUT2D eigenvalue weighted by molar-refractivity contribution is -0.109. The molecule has 0 N–H and O–H groups in total. The molecule has 0 bridgehead atoms. The average Bonchev–Trinajstić information content (AvgIpc) is 2.45. The monoisotopic (exact) mass is 206 g/mol. The van der Waals surface area contributed by atoms with Gasteiger partial charge < -0.3 is 9.53 Å². The Bertz CT molecular complexity index is 274. The highest BCUT2D eigenvalue weighted by molar-refractivity contribution is 5.49. The molecule has 0 aromatic carbocycles. The molecule has 0 saturated heterocycles. The van der Waals surface area contributed by atoms with Gasteiger partial charge in [0.25, 0.3) is 0 Å². The van der Waals surface area contributed by atoms with Crippen LogP contribution in [-0.2, 0) is 9.53 Å². The van der Waals surface area contributed by atoms with Gasteiger partial charge in [0.15, 0.2) is 0 Å². The van der Waals surface area contributed by atoms with Gasteiger partial charge in [-0.1, -0.05) is 30.4 Å². The fourth-order valence-corrected chi connectivity index (χ4v) is 1.52. The van der Waals surface area contributed by atoms with Crippen molar-refractivity contribution in [1.29, 1.82) is 0 Å². The zero-order chi connectivity index (χ0) is 10.9. The summed E-state index contributed by atoms with van der Waals surface area (Å²) in [5, 5.41) is 0. The number of carbonyl (C=O) groups is 1. The molecule has 1 aliphatic carbocycles. The van der Waals surface area contributed by atoms with Crippen LogP contribution < -0.4 is 0 Å². The van der Waals surface area contributed by atoms with Crippen molar-refractivity contribution in [2.45, 2.75) is 32.3 Å². The van der Waals surface area contributed by atoms with Crippen LogP contribution in [0, 0.1) is 0 Å². The first-order chi connectivity index (χ1) is 7.36. The van der Waals surface area contributed by atoms with Crippen LogP contribution in [0.4, 0.5) is 0 Å². The zero-order valence-corrected chi connectivity index (χ0v) is 9.19. The third-order valence-corrected chi connectivity index (χ3v) is 2.26. The molecule has 0 spiro atoms. The molecule has 0 fully saturated rings.